The van der Waals surface area contributed by atoms with Crippen LogP contribution in [0.1, 0.15) is 44.6 Å². The Bertz CT molecular complexity index is 304. The lowest BCUT2D eigenvalue weighted by Crippen LogP contribution is -1.91. The predicted molar refractivity (Wildman–Crippen MR) is 69.7 cm³/mol. The highest BCUT2D eigenvalue weighted by Gasteiger charge is 2.01. The zero-order valence-corrected chi connectivity index (χ0v) is 10.2. The number of rotatable bonds is 8. The van der Waals surface area contributed by atoms with Crippen LogP contribution >= 0.6 is 0 Å². The van der Waals surface area contributed by atoms with Gasteiger partial charge in [-0.25, -0.2) is 0 Å². The van der Waals surface area contributed by atoms with E-state index in [0.29, 0.717) is 0 Å². The average molecular weight is 218 g/mol. The lowest BCUT2D eigenvalue weighted by atomic mass is 10.0. The Morgan fingerprint density at radius 1 is 1.12 bits per heavy atom. The summed E-state index contributed by atoms with van der Waals surface area (Å²) in [6, 6.07) is 8.21. The van der Waals surface area contributed by atoms with E-state index >= 15 is 0 Å². The summed E-state index contributed by atoms with van der Waals surface area (Å²) in [5.41, 5.74) is 1.29. The molecule has 0 saturated heterocycles. The molecule has 0 radical (unpaired) electrons. The molecule has 0 atom stereocenters. The fraction of sp³-hybridized carbons (Fsp3) is 0.467. The van der Waals surface area contributed by atoms with Gasteiger partial charge >= 0.3 is 0 Å². The normalized spacial score (nSPS) is 10.1. The van der Waals surface area contributed by atoms with Gasteiger partial charge in [0.1, 0.15) is 5.75 Å². The first-order valence-corrected chi connectivity index (χ1v) is 6.24. The standard InChI is InChI=1S/C15H22O/c1-3-5-6-7-8-11-14-12-9-10-13-15(14)16-4-2/h4,9-10,12-13H,2-3,5-8,11H2,1H3. The van der Waals surface area contributed by atoms with Crippen LogP contribution < -0.4 is 4.74 Å². The molecule has 0 N–H and O–H groups in total. The number of hydrogen-bond acceptors (Lipinski definition) is 1. The van der Waals surface area contributed by atoms with Gasteiger partial charge in [0.2, 0.25) is 0 Å². The maximum absolute atomic E-state index is 5.38. The van der Waals surface area contributed by atoms with Gasteiger partial charge < -0.3 is 4.74 Å². The van der Waals surface area contributed by atoms with Crippen molar-refractivity contribution in [3.05, 3.63) is 42.7 Å². The van der Waals surface area contributed by atoms with Crippen molar-refractivity contribution in [3.63, 3.8) is 0 Å². The average Bonchev–Trinajstić information content (AvgIpc) is 2.31. The molecule has 0 amide bonds. The van der Waals surface area contributed by atoms with Gasteiger partial charge in [-0.05, 0) is 24.5 Å². The quantitative estimate of drug-likeness (QED) is 0.453. The minimum atomic E-state index is 0.952. The van der Waals surface area contributed by atoms with Crippen molar-refractivity contribution in [2.45, 2.75) is 45.4 Å². The number of hydrogen-bond donors (Lipinski definition) is 0. The van der Waals surface area contributed by atoms with E-state index in [1.165, 1.54) is 43.9 Å². The molecule has 0 aromatic heterocycles. The molecule has 1 aromatic carbocycles. The second-order valence-electron chi connectivity index (χ2n) is 4.06. The molecule has 1 heteroatoms. The van der Waals surface area contributed by atoms with E-state index in [0.717, 1.165) is 12.2 Å². The van der Waals surface area contributed by atoms with E-state index in [2.05, 4.69) is 25.6 Å². The fourth-order valence-electron chi connectivity index (χ4n) is 1.83. The molecule has 0 unspecified atom stereocenters. The largest absolute Gasteiger partial charge is 0.465 e. The number of benzene rings is 1. The summed E-state index contributed by atoms with van der Waals surface area (Å²) in [6.45, 7) is 5.84. The van der Waals surface area contributed by atoms with Crippen molar-refractivity contribution in [1.29, 1.82) is 0 Å². The van der Waals surface area contributed by atoms with Crippen LogP contribution in [0, 0.1) is 0 Å². The van der Waals surface area contributed by atoms with Gasteiger partial charge in [0.05, 0.1) is 6.26 Å². The zero-order chi connectivity index (χ0) is 11.6. The summed E-state index contributed by atoms with van der Waals surface area (Å²) in [7, 11) is 0. The molecule has 0 aliphatic rings. The van der Waals surface area contributed by atoms with Crippen molar-refractivity contribution in [2.24, 2.45) is 0 Å². The van der Waals surface area contributed by atoms with Crippen molar-refractivity contribution in [3.8, 4) is 5.75 Å². The molecule has 0 bridgehead atoms. The Morgan fingerprint density at radius 3 is 2.62 bits per heavy atom. The lowest BCUT2D eigenvalue weighted by molar-refractivity contribution is 0.475. The van der Waals surface area contributed by atoms with Gasteiger partial charge in [-0.15, -0.1) is 0 Å². The Labute approximate surface area is 99.1 Å². The number of unbranched alkanes of at least 4 members (excludes halogenated alkanes) is 4. The molecular weight excluding hydrogens is 196 g/mol. The maximum atomic E-state index is 5.38. The van der Waals surface area contributed by atoms with Crippen LogP contribution in [-0.4, -0.2) is 0 Å². The molecule has 0 spiro atoms. The molecule has 0 aliphatic heterocycles. The minimum absolute atomic E-state index is 0.952. The van der Waals surface area contributed by atoms with Gasteiger partial charge in [0.15, 0.2) is 0 Å². The highest BCUT2D eigenvalue weighted by atomic mass is 16.5. The smallest absolute Gasteiger partial charge is 0.129 e. The van der Waals surface area contributed by atoms with Crippen LogP contribution in [0.5, 0.6) is 5.75 Å². The van der Waals surface area contributed by atoms with Crippen LogP contribution in [0.4, 0.5) is 0 Å². The van der Waals surface area contributed by atoms with E-state index in [9.17, 15) is 0 Å². The molecule has 0 saturated carbocycles. The molecule has 16 heavy (non-hydrogen) atoms. The van der Waals surface area contributed by atoms with Crippen molar-refractivity contribution in [1.82, 2.24) is 0 Å². The van der Waals surface area contributed by atoms with E-state index in [1.807, 2.05) is 12.1 Å². The summed E-state index contributed by atoms with van der Waals surface area (Å²) >= 11 is 0. The topological polar surface area (TPSA) is 9.23 Å². The predicted octanol–water partition coefficient (Wildman–Crippen LogP) is 4.72. The summed E-state index contributed by atoms with van der Waals surface area (Å²) in [6.07, 6.45) is 9.17. The molecule has 0 fully saturated rings. The third kappa shape index (κ3) is 4.52. The van der Waals surface area contributed by atoms with E-state index in [4.69, 9.17) is 4.74 Å². The lowest BCUT2D eigenvalue weighted by Gasteiger charge is -2.07. The van der Waals surface area contributed by atoms with E-state index in [1.54, 1.807) is 0 Å². The van der Waals surface area contributed by atoms with Crippen LogP contribution in [0.15, 0.2) is 37.1 Å². The third-order valence-corrected chi connectivity index (χ3v) is 2.73. The number of ether oxygens (including phenoxy) is 1. The van der Waals surface area contributed by atoms with Gasteiger partial charge in [0, 0.05) is 0 Å². The molecule has 0 aliphatic carbocycles. The highest BCUT2D eigenvalue weighted by molar-refractivity contribution is 5.33. The van der Waals surface area contributed by atoms with Crippen LogP contribution in [0.2, 0.25) is 0 Å². The summed E-state index contributed by atoms with van der Waals surface area (Å²) in [5, 5.41) is 0. The molecule has 88 valence electrons. The first-order chi connectivity index (χ1) is 7.88. The Balaban J connectivity index is 2.37. The van der Waals surface area contributed by atoms with Crippen molar-refractivity contribution < 1.29 is 4.74 Å². The van der Waals surface area contributed by atoms with Crippen molar-refractivity contribution >= 4 is 0 Å². The molecule has 0 heterocycles. The first kappa shape index (κ1) is 12.8. The number of para-hydroxylation sites is 1. The maximum Gasteiger partial charge on any atom is 0.129 e. The number of aryl methyl sites for hydroxylation is 1. The van der Waals surface area contributed by atoms with E-state index in [-0.39, 0.29) is 0 Å². The van der Waals surface area contributed by atoms with Crippen LogP contribution in [0.3, 0.4) is 0 Å². The Kier molecular flexibility index (Phi) is 6.39. The van der Waals surface area contributed by atoms with Crippen molar-refractivity contribution in [2.75, 3.05) is 0 Å². The van der Waals surface area contributed by atoms with Gasteiger partial charge in [-0.2, -0.15) is 0 Å². The molecule has 1 aromatic rings. The summed E-state index contributed by atoms with van der Waals surface area (Å²) < 4.78 is 5.38. The Morgan fingerprint density at radius 2 is 1.88 bits per heavy atom. The summed E-state index contributed by atoms with van der Waals surface area (Å²) in [5.74, 6) is 0.952. The molecular formula is C15H22O. The fourth-order valence-corrected chi connectivity index (χ4v) is 1.83. The SMILES string of the molecule is C=COc1ccccc1CCCCCCC. The van der Waals surface area contributed by atoms with E-state index < -0.39 is 0 Å². The van der Waals surface area contributed by atoms with Gasteiger partial charge in [-0.3, -0.25) is 0 Å². The zero-order valence-electron chi connectivity index (χ0n) is 10.2. The monoisotopic (exact) mass is 218 g/mol. The minimum Gasteiger partial charge on any atom is -0.465 e. The second-order valence-corrected chi connectivity index (χ2v) is 4.06. The first-order valence-electron chi connectivity index (χ1n) is 6.24. The summed E-state index contributed by atoms with van der Waals surface area (Å²) in [4.78, 5) is 0. The van der Waals surface area contributed by atoms with Crippen LogP contribution in [0.25, 0.3) is 0 Å². The Hall–Kier alpha value is -1.24. The second kappa shape index (κ2) is 7.98. The highest BCUT2D eigenvalue weighted by Crippen LogP contribution is 2.20. The molecule has 1 nitrogen and oxygen atoms in total. The van der Waals surface area contributed by atoms with Gasteiger partial charge in [-0.1, -0.05) is 57.4 Å². The third-order valence-electron chi connectivity index (χ3n) is 2.73. The van der Waals surface area contributed by atoms with Crippen LogP contribution in [-0.2, 0) is 6.42 Å². The van der Waals surface area contributed by atoms with Gasteiger partial charge in [0.25, 0.3) is 0 Å². The molecule has 1 rings (SSSR count).